The maximum Gasteiger partial charge on any atom is 0.224 e. The van der Waals surface area contributed by atoms with Crippen LogP contribution in [-0.4, -0.2) is 37.0 Å². The van der Waals surface area contributed by atoms with Crippen LogP contribution in [0.5, 0.6) is 0 Å². The Balaban J connectivity index is 1.44. The highest BCUT2D eigenvalue weighted by Gasteiger charge is 2.20. The SMILES string of the molecule is O=C(NCc1ccc(CN2CCCCCC2)cc1)C1CCCNC1. The van der Waals surface area contributed by atoms with Gasteiger partial charge in [-0.15, -0.1) is 0 Å². The third-order valence-corrected chi connectivity index (χ3v) is 5.26. The van der Waals surface area contributed by atoms with Crippen molar-refractivity contribution in [1.82, 2.24) is 15.5 Å². The Kier molecular flexibility index (Phi) is 6.67. The van der Waals surface area contributed by atoms with Gasteiger partial charge in [0.1, 0.15) is 0 Å². The van der Waals surface area contributed by atoms with E-state index >= 15 is 0 Å². The number of nitrogens with one attached hydrogen (secondary N) is 2. The maximum absolute atomic E-state index is 12.2. The minimum atomic E-state index is 0.140. The first-order chi connectivity index (χ1) is 11.8. The van der Waals surface area contributed by atoms with Crippen LogP contribution in [0.4, 0.5) is 0 Å². The number of rotatable bonds is 5. The van der Waals surface area contributed by atoms with E-state index in [2.05, 4.69) is 39.8 Å². The smallest absolute Gasteiger partial charge is 0.224 e. The lowest BCUT2D eigenvalue weighted by Gasteiger charge is -2.22. The molecule has 0 spiro atoms. The van der Waals surface area contributed by atoms with Crippen molar-refractivity contribution < 1.29 is 4.79 Å². The molecule has 1 atom stereocenters. The minimum absolute atomic E-state index is 0.140. The molecule has 0 aromatic heterocycles. The molecule has 2 heterocycles. The average Bonchev–Trinajstić information content (AvgIpc) is 2.90. The van der Waals surface area contributed by atoms with Gasteiger partial charge in [-0.3, -0.25) is 9.69 Å². The molecule has 2 aliphatic rings. The van der Waals surface area contributed by atoms with Crippen molar-refractivity contribution in [1.29, 1.82) is 0 Å². The standard InChI is InChI=1S/C20H31N3O/c24-20(19-6-5-11-21-15-19)22-14-17-7-9-18(10-8-17)16-23-12-3-1-2-4-13-23/h7-10,19,21H,1-6,11-16H2,(H,22,24). The molecule has 2 aliphatic heterocycles. The molecule has 24 heavy (non-hydrogen) atoms. The number of carbonyl (C=O) groups excluding carboxylic acids is 1. The summed E-state index contributed by atoms with van der Waals surface area (Å²) in [6.45, 7) is 6.02. The summed E-state index contributed by atoms with van der Waals surface area (Å²) in [4.78, 5) is 14.7. The summed E-state index contributed by atoms with van der Waals surface area (Å²) < 4.78 is 0. The lowest BCUT2D eigenvalue weighted by molar-refractivity contribution is -0.125. The van der Waals surface area contributed by atoms with E-state index in [4.69, 9.17) is 0 Å². The molecule has 2 saturated heterocycles. The molecule has 2 fully saturated rings. The second-order valence-electron chi connectivity index (χ2n) is 7.27. The fourth-order valence-corrected chi connectivity index (χ4v) is 3.72. The fourth-order valence-electron chi connectivity index (χ4n) is 3.72. The van der Waals surface area contributed by atoms with Crippen LogP contribution in [-0.2, 0) is 17.9 Å². The monoisotopic (exact) mass is 329 g/mol. The highest BCUT2D eigenvalue weighted by Crippen LogP contribution is 2.14. The molecule has 0 radical (unpaired) electrons. The van der Waals surface area contributed by atoms with E-state index in [9.17, 15) is 4.79 Å². The Morgan fingerprint density at radius 3 is 2.42 bits per heavy atom. The van der Waals surface area contributed by atoms with E-state index in [1.165, 1.54) is 49.9 Å². The van der Waals surface area contributed by atoms with E-state index in [1.54, 1.807) is 0 Å². The van der Waals surface area contributed by atoms with Gasteiger partial charge in [0.25, 0.3) is 0 Å². The quantitative estimate of drug-likeness (QED) is 0.873. The first kappa shape index (κ1) is 17.4. The summed E-state index contributed by atoms with van der Waals surface area (Å²) in [6, 6.07) is 8.75. The second kappa shape index (κ2) is 9.19. The number of hydrogen-bond donors (Lipinski definition) is 2. The number of likely N-dealkylation sites (tertiary alicyclic amines) is 1. The van der Waals surface area contributed by atoms with Gasteiger partial charge in [0, 0.05) is 19.6 Å². The van der Waals surface area contributed by atoms with Gasteiger partial charge in [0.15, 0.2) is 0 Å². The molecule has 1 unspecified atom stereocenters. The summed E-state index contributed by atoms with van der Waals surface area (Å²) in [6.07, 6.45) is 7.54. The van der Waals surface area contributed by atoms with Gasteiger partial charge in [-0.05, 0) is 56.4 Å². The molecule has 0 saturated carbocycles. The molecule has 0 aliphatic carbocycles. The Morgan fingerprint density at radius 2 is 1.75 bits per heavy atom. The van der Waals surface area contributed by atoms with Crippen LogP contribution in [0.3, 0.4) is 0 Å². The van der Waals surface area contributed by atoms with E-state index in [0.717, 1.165) is 32.5 Å². The van der Waals surface area contributed by atoms with Gasteiger partial charge in [0.2, 0.25) is 5.91 Å². The fraction of sp³-hybridized carbons (Fsp3) is 0.650. The second-order valence-corrected chi connectivity index (χ2v) is 7.27. The van der Waals surface area contributed by atoms with Crippen LogP contribution in [0, 0.1) is 5.92 Å². The number of nitrogens with zero attached hydrogens (tertiary/aromatic N) is 1. The van der Waals surface area contributed by atoms with Crippen molar-refractivity contribution in [3.63, 3.8) is 0 Å². The summed E-state index contributed by atoms with van der Waals surface area (Å²) in [7, 11) is 0. The minimum Gasteiger partial charge on any atom is -0.352 e. The molecule has 0 bridgehead atoms. The van der Waals surface area contributed by atoms with Crippen molar-refractivity contribution in [3.05, 3.63) is 35.4 Å². The van der Waals surface area contributed by atoms with Gasteiger partial charge < -0.3 is 10.6 Å². The number of amides is 1. The molecule has 1 amide bonds. The van der Waals surface area contributed by atoms with E-state index in [0.29, 0.717) is 6.54 Å². The molecule has 4 nitrogen and oxygen atoms in total. The number of benzene rings is 1. The highest BCUT2D eigenvalue weighted by molar-refractivity contribution is 5.78. The summed E-state index contributed by atoms with van der Waals surface area (Å²) in [5.41, 5.74) is 2.56. The topological polar surface area (TPSA) is 44.4 Å². The van der Waals surface area contributed by atoms with Gasteiger partial charge in [-0.1, -0.05) is 37.1 Å². The predicted octanol–water partition coefficient (Wildman–Crippen LogP) is 2.68. The lowest BCUT2D eigenvalue weighted by atomic mass is 9.99. The zero-order valence-electron chi connectivity index (χ0n) is 14.7. The Morgan fingerprint density at radius 1 is 1.04 bits per heavy atom. The third-order valence-electron chi connectivity index (χ3n) is 5.26. The molecular weight excluding hydrogens is 298 g/mol. The third kappa shape index (κ3) is 5.32. The van der Waals surface area contributed by atoms with Crippen LogP contribution in [0.2, 0.25) is 0 Å². The molecule has 1 aromatic rings. The molecule has 3 rings (SSSR count). The van der Waals surface area contributed by atoms with Crippen LogP contribution in [0.15, 0.2) is 24.3 Å². The van der Waals surface area contributed by atoms with Crippen LogP contribution in [0.1, 0.15) is 49.7 Å². The van der Waals surface area contributed by atoms with Crippen molar-refractivity contribution in [2.45, 2.75) is 51.6 Å². The summed E-state index contributed by atoms with van der Waals surface area (Å²) >= 11 is 0. The first-order valence-corrected chi connectivity index (χ1v) is 9.60. The largest absolute Gasteiger partial charge is 0.352 e. The van der Waals surface area contributed by atoms with Crippen LogP contribution >= 0.6 is 0 Å². The van der Waals surface area contributed by atoms with Gasteiger partial charge in [-0.2, -0.15) is 0 Å². The number of piperidine rings is 1. The first-order valence-electron chi connectivity index (χ1n) is 9.60. The van der Waals surface area contributed by atoms with Gasteiger partial charge in [0.05, 0.1) is 5.92 Å². The Hall–Kier alpha value is -1.39. The summed E-state index contributed by atoms with van der Waals surface area (Å²) in [5.74, 6) is 0.330. The van der Waals surface area contributed by atoms with Crippen molar-refractivity contribution in [2.24, 2.45) is 5.92 Å². The van der Waals surface area contributed by atoms with Crippen molar-refractivity contribution in [3.8, 4) is 0 Å². The predicted molar refractivity (Wildman–Crippen MR) is 97.6 cm³/mol. The maximum atomic E-state index is 12.2. The summed E-state index contributed by atoms with van der Waals surface area (Å²) in [5, 5.41) is 6.39. The highest BCUT2D eigenvalue weighted by atomic mass is 16.1. The molecule has 4 heteroatoms. The number of hydrogen-bond acceptors (Lipinski definition) is 3. The lowest BCUT2D eigenvalue weighted by Crippen LogP contribution is -2.40. The molecular formula is C20H31N3O. The normalized spacial score (nSPS) is 22.8. The van der Waals surface area contributed by atoms with E-state index in [-0.39, 0.29) is 11.8 Å². The van der Waals surface area contributed by atoms with Crippen LogP contribution in [0.25, 0.3) is 0 Å². The van der Waals surface area contributed by atoms with Crippen LogP contribution < -0.4 is 10.6 Å². The Labute approximate surface area is 146 Å². The van der Waals surface area contributed by atoms with Gasteiger partial charge >= 0.3 is 0 Å². The average molecular weight is 329 g/mol. The molecule has 2 N–H and O–H groups in total. The number of carbonyl (C=O) groups is 1. The van der Waals surface area contributed by atoms with Gasteiger partial charge in [-0.25, -0.2) is 0 Å². The molecule has 1 aromatic carbocycles. The van der Waals surface area contributed by atoms with E-state index in [1.807, 2.05) is 0 Å². The van der Waals surface area contributed by atoms with Crippen molar-refractivity contribution in [2.75, 3.05) is 26.2 Å². The zero-order chi connectivity index (χ0) is 16.6. The zero-order valence-corrected chi connectivity index (χ0v) is 14.7. The molecule has 132 valence electrons. The van der Waals surface area contributed by atoms with E-state index < -0.39 is 0 Å². The Bertz CT molecular complexity index is 500. The van der Waals surface area contributed by atoms with Crippen molar-refractivity contribution >= 4 is 5.91 Å².